The summed E-state index contributed by atoms with van der Waals surface area (Å²) < 4.78 is 5.03. The quantitative estimate of drug-likeness (QED) is 0.640. The van der Waals surface area contributed by atoms with Crippen molar-refractivity contribution >= 4 is 29.2 Å². The highest BCUT2D eigenvalue weighted by atomic mass is 16.3. The summed E-state index contributed by atoms with van der Waals surface area (Å²) >= 11 is 0. The molecule has 1 aromatic heterocycles. The molecule has 2 aromatic rings. The predicted molar refractivity (Wildman–Crippen MR) is 93.1 cm³/mol. The van der Waals surface area contributed by atoms with Crippen molar-refractivity contribution in [3.8, 4) is 0 Å². The van der Waals surface area contributed by atoms with E-state index < -0.39 is 18.0 Å². The number of hydrogen-bond acceptors (Lipinski definition) is 4. The summed E-state index contributed by atoms with van der Waals surface area (Å²) in [6.07, 6.45) is 1.39. The second-order valence-corrected chi connectivity index (χ2v) is 5.73. The van der Waals surface area contributed by atoms with Crippen LogP contribution in [0.3, 0.4) is 0 Å². The first kappa shape index (κ1) is 18.1. The molecule has 0 saturated heterocycles. The minimum Gasteiger partial charge on any atom is -0.459 e. The maximum Gasteiger partial charge on any atom is 0.316 e. The number of carbonyl (C=O) groups excluding carboxylic acids is 3. The summed E-state index contributed by atoms with van der Waals surface area (Å²) in [5.41, 5.74) is 6.07. The molecule has 8 nitrogen and oxygen atoms in total. The molecule has 0 fully saturated rings. The van der Waals surface area contributed by atoms with E-state index in [2.05, 4.69) is 16.0 Å². The van der Waals surface area contributed by atoms with Gasteiger partial charge < -0.3 is 26.1 Å². The van der Waals surface area contributed by atoms with Gasteiger partial charge in [0.15, 0.2) is 5.76 Å². The van der Waals surface area contributed by atoms with E-state index >= 15 is 0 Å². The van der Waals surface area contributed by atoms with Crippen molar-refractivity contribution in [2.45, 2.75) is 19.9 Å². The maximum absolute atomic E-state index is 12.5. The summed E-state index contributed by atoms with van der Waals surface area (Å²) in [6.45, 7) is 3.65. The van der Waals surface area contributed by atoms with E-state index in [0.29, 0.717) is 11.4 Å². The Bertz CT molecular complexity index is 739. The van der Waals surface area contributed by atoms with Gasteiger partial charge in [-0.25, -0.2) is 4.79 Å². The summed E-state index contributed by atoms with van der Waals surface area (Å²) in [6, 6.07) is 8.16. The Kier molecular flexibility index (Phi) is 5.78. The summed E-state index contributed by atoms with van der Waals surface area (Å²) in [4.78, 5) is 35.4. The number of urea groups is 1. The second kappa shape index (κ2) is 8.00. The highest BCUT2D eigenvalue weighted by molar-refractivity contribution is 6.00. The first-order chi connectivity index (χ1) is 11.9. The van der Waals surface area contributed by atoms with E-state index in [9.17, 15) is 14.4 Å². The Morgan fingerprint density at radius 1 is 1.00 bits per heavy atom. The lowest BCUT2D eigenvalue weighted by Crippen LogP contribution is -2.47. The molecule has 1 unspecified atom stereocenters. The van der Waals surface area contributed by atoms with Crippen molar-refractivity contribution in [1.82, 2.24) is 5.32 Å². The number of amides is 4. The Morgan fingerprint density at radius 2 is 1.60 bits per heavy atom. The van der Waals surface area contributed by atoms with Crippen LogP contribution < -0.4 is 21.7 Å². The zero-order chi connectivity index (χ0) is 18.4. The second-order valence-electron chi connectivity index (χ2n) is 5.73. The third-order valence-electron chi connectivity index (χ3n) is 3.40. The zero-order valence-corrected chi connectivity index (χ0v) is 13.9. The SMILES string of the molecule is CC(C)C(NC(=O)c1ccco1)C(=O)Nc1ccc(NC(N)=O)cc1. The Labute approximate surface area is 144 Å². The standard InChI is InChI=1S/C17H20N4O4/c1-10(2)14(21-15(22)13-4-3-9-25-13)16(23)19-11-5-7-12(8-6-11)20-17(18)24/h3-10,14H,1-2H3,(H,19,23)(H,21,22)(H3,18,20,24). The fourth-order valence-electron chi connectivity index (χ4n) is 2.15. The van der Waals surface area contributed by atoms with Crippen LogP contribution in [0.4, 0.5) is 16.2 Å². The highest BCUT2D eigenvalue weighted by Crippen LogP contribution is 2.15. The third kappa shape index (κ3) is 5.10. The topological polar surface area (TPSA) is 126 Å². The molecule has 0 bridgehead atoms. The lowest BCUT2D eigenvalue weighted by atomic mass is 10.0. The molecule has 0 aliphatic heterocycles. The number of furan rings is 1. The summed E-state index contributed by atoms with van der Waals surface area (Å²) in [7, 11) is 0. The Balaban J connectivity index is 2.02. The van der Waals surface area contributed by atoms with Crippen LogP contribution in [0.1, 0.15) is 24.4 Å². The van der Waals surface area contributed by atoms with Crippen LogP contribution in [0.25, 0.3) is 0 Å². The maximum atomic E-state index is 12.5. The molecule has 0 saturated carbocycles. The van der Waals surface area contributed by atoms with Gasteiger partial charge in [0.25, 0.3) is 5.91 Å². The van der Waals surface area contributed by atoms with Gasteiger partial charge in [0.05, 0.1) is 6.26 Å². The number of benzene rings is 1. The van der Waals surface area contributed by atoms with Crippen LogP contribution >= 0.6 is 0 Å². The van der Waals surface area contributed by atoms with E-state index in [1.807, 2.05) is 13.8 Å². The monoisotopic (exact) mass is 344 g/mol. The van der Waals surface area contributed by atoms with Crippen LogP contribution in [0.2, 0.25) is 0 Å². The van der Waals surface area contributed by atoms with E-state index in [-0.39, 0.29) is 17.6 Å². The fraction of sp³-hybridized carbons (Fsp3) is 0.235. The largest absolute Gasteiger partial charge is 0.459 e. The molecule has 132 valence electrons. The third-order valence-corrected chi connectivity index (χ3v) is 3.40. The normalized spacial score (nSPS) is 11.6. The first-order valence-corrected chi connectivity index (χ1v) is 7.68. The lowest BCUT2D eigenvalue weighted by Gasteiger charge is -2.21. The van der Waals surface area contributed by atoms with Gasteiger partial charge in [-0.15, -0.1) is 0 Å². The molecule has 25 heavy (non-hydrogen) atoms. The van der Waals surface area contributed by atoms with Crippen molar-refractivity contribution < 1.29 is 18.8 Å². The minimum absolute atomic E-state index is 0.130. The van der Waals surface area contributed by atoms with Crippen LogP contribution in [0.15, 0.2) is 47.1 Å². The van der Waals surface area contributed by atoms with Crippen LogP contribution in [-0.2, 0) is 4.79 Å². The molecule has 5 N–H and O–H groups in total. The van der Waals surface area contributed by atoms with Gasteiger partial charge in [-0.2, -0.15) is 0 Å². The van der Waals surface area contributed by atoms with Gasteiger partial charge in [-0.05, 0) is 42.3 Å². The van der Waals surface area contributed by atoms with Gasteiger partial charge in [-0.3, -0.25) is 9.59 Å². The van der Waals surface area contributed by atoms with Gasteiger partial charge in [-0.1, -0.05) is 13.8 Å². The number of hydrogen-bond donors (Lipinski definition) is 4. The first-order valence-electron chi connectivity index (χ1n) is 7.68. The van der Waals surface area contributed by atoms with Gasteiger partial charge in [0, 0.05) is 11.4 Å². The molecule has 1 atom stereocenters. The molecule has 8 heteroatoms. The predicted octanol–water partition coefficient (Wildman–Crippen LogP) is 2.16. The van der Waals surface area contributed by atoms with Crippen LogP contribution in [0.5, 0.6) is 0 Å². The molecular weight excluding hydrogens is 324 g/mol. The van der Waals surface area contributed by atoms with Crippen molar-refractivity contribution in [2.75, 3.05) is 10.6 Å². The molecule has 0 radical (unpaired) electrons. The molecule has 0 spiro atoms. The van der Waals surface area contributed by atoms with E-state index in [1.165, 1.54) is 12.3 Å². The van der Waals surface area contributed by atoms with Crippen molar-refractivity contribution in [3.63, 3.8) is 0 Å². The van der Waals surface area contributed by atoms with Gasteiger partial charge in [0.2, 0.25) is 5.91 Å². The van der Waals surface area contributed by atoms with Crippen molar-refractivity contribution in [2.24, 2.45) is 11.7 Å². The summed E-state index contributed by atoms with van der Waals surface area (Å²) in [5.74, 6) is -0.805. The zero-order valence-electron chi connectivity index (χ0n) is 13.9. The molecule has 0 aliphatic carbocycles. The van der Waals surface area contributed by atoms with Gasteiger partial charge >= 0.3 is 6.03 Å². The number of nitrogens with two attached hydrogens (primary N) is 1. The van der Waals surface area contributed by atoms with Gasteiger partial charge in [0.1, 0.15) is 6.04 Å². The Morgan fingerprint density at radius 3 is 2.08 bits per heavy atom. The number of nitrogens with one attached hydrogen (secondary N) is 3. The van der Waals surface area contributed by atoms with E-state index in [0.717, 1.165) is 0 Å². The summed E-state index contributed by atoms with van der Waals surface area (Å²) in [5, 5.41) is 7.81. The Hall–Kier alpha value is -3.29. The highest BCUT2D eigenvalue weighted by Gasteiger charge is 2.25. The lowest BCUT2D eigenvalue weighted by molar-refractivity contribution is -0.118. The average Bonchev–Trinajstić information content (AvgIpc) is 3.08. The number of carbonyl (C=O) groups is 3. The fourth-order valence-corrected chi connectivity index (χ4v) is 2.15. The van der Waals surface area contributed by atoms with Crippen LogP contribution in [-0.4, -0.2) is 23.9 Å². The smallest absolute Gasteiger partial charge is 0.316 e. The number of primary amides is 1. The van der Waals surface area contributed by atoms with E-state index in [1.54, 1.807) is 30.3 Å². The molecule has 2 rings (SSSR count). The average molecular weight is 344 g/mol. The van der Waals surface area contributed by atoms with E-state index in [4.69, 9.17) is 10.2 Å². The molecule has 1 aromatic carbocycles. The molecule has 4 amide bonds. The number of rotatable bonds is 6. The minimum atomic E-state index is -0.735. The molecule has 1 heterocycles. The molecule has 0 aliphatic rings. The van der Waals surface area contributed by atoms with Crippen molar-refractivity contribution in [3.05, 3.63) is 48.4 Å². The number of anilines is 2. The van der Waals surface area contributed by atoms with Crippen molar-refractivity contribution in [1.29, 1.82) is 0 Å². The van der Waals surface area contributed by atoms with Crippen LogP contribution in [0, 0.1) is 5.92 Å². The molecular formula is C17H20N4O4.